The molecule has 3 rings (SSSR count). The molecule has 0 aromatic heterocycles. The van der Waals surface area contributed by atoms with E-state index < -0.39 is 10.0 Å². The topological polar surface area (TPSA) is 75.3 Å². The molecule has 0 unspecified atom stereocenters. The van der Waals surface area contributed by atoms with Gasteiger partial charge < -0.3 is 5.32 Å². The zero-order valence-electron chi connectivity index (χ0n) is 14.8. The van der Waals surface area contributed by atoms with Crippen LogP contribution in [-0.4, -0.2) is 14.3 Å². The van der Waals surface area contributed by atoms with E-state index in [9.17, 15) is 13.2 Å². The summed E-state index contributed by atoms with van der Waals surface area (Å²) < 4.78 is 28.3. The van der Waals surface area contributed by atoms with Gasteiger partial charge in [-0.2, -0.15) is 0 Å². The van der Waals surface area contributed by atoms with E-state index in [1.54, 1.807) is 36.4 Å². The molecule has 0 aliphatic carbocycles. The summed E-state index contributed by atoms with van der Waals surface area (Å²) in [5.41, 5.74) is 1.80. The highest BCUT2D eigenvalue weighted by atomic mass is 79.9. The molecular weight excluding hydrogens is 499 g/mol. The minimum atomic E-state index is -3.81. The third-order valence-corrected chi connectivity index (χ3v) is 6.49. The number of hydrogen-bond donors (Lipinski definition) is 2. The third kappa shape index (κ3) is 5.96. The molecule has 3 aromatic rings. The second-order valence-electron chi connectivity index (χ2n) is 6.11. The maximum atomic E-state index is 12.5. The predicted molar refractivity (Wildman–Crippen MR) is 120 cm³/mol. The van der Waals surface area contributed by atoms with Gasteiger partial charge in [0.25, 0.3) is 10.0 Å². The number of carbonyl (C=O) groups is 1. The van der Waals surface area contributed by atoms with Gasteiger partial charge in [0, 0.05) is 15.8 Å². The van der Waals surface area contributed by atoms with E-state index in [-0.39, 0.29) is 27.3 Å². The van der Waals surface area contributed by atoms with Gasteiger partial charge in [-0.15, -0.1) is 0 Å². The zero-order valence-corrected chi connectivity index (χ0v) is 18.7. The van der Waals surface area contributed by atoms with E-state index in [2.05, 4.69) is 26.0 Å². The van der Waals surface area contributed by atoms with Crippen LogP contribution in [0.3, 0.4) is 0 Å². The average molecular weight is 514 g/mol. The molecule has 5 nitrogen and oxygen atoms in total. The molecule has 1 amide bonds. The molecule has 29 heavy (non-hydrogen) atoms. The fraction of sp³-hybridized carbons (Fsp3) is 0.0500. The summed E-state index contributed by atoms with van der Waals surface area (Å²) in [5.74, 6) is -0.174. The number of nitrogens with one attached hydrogen (secondary N) is 2. The molecule has 0 aliphatic heterocycles. The Bertz CT molecular complexity index is 1150. The number of halogens is 3. The van der Waals surface area contributed by atoms with Gasteiger partial charge >= 0.3 is 0 Å². The lowest BCUT2D eigenvalue weighted by Gasteiger charge is -2.10. The number of anilines is 2. The number of rotatable bonds is 6. The first-order chi connectivity index (χ1) is 13.7. The minimum Gasteiger partial charge on any atom is -0.326 e. The Morgan fingerprint density at radius 3 is 2.28 bits per heavy atom. The van der Waals surface area contributed by atoms with Crippen molar-refractivity contribution in [1.29, 1.82) is 0 Å². The van der Waals surface area contributed by atoms with E-state index in [0.717, 1.165) is 10.0 Å². The van der Waals surface area contributed by atoms with Crippen LogP contribution in [0.1, 0.15) is 5.56 Å². The highest BCUT2D eigenvalue weighted by Gasteiger charge is 2.16. The van der Waals surface area contributed by atoms with E-state index in [4.69, 9.17) is 23.2 Å². The standard InChI is InChI=1S/C20H15BrCl2N2O3S/c21-14-2-1-3-16(11-14)24-20(26)10-13-4-6-15(7-5-13)25-29(27,28)17-8-9-18(22)19(23)12-17/h1-9,11-12,25H,10H2,(H,24,26). The molecule has 0 spiro atoms. The smallest absolute Gasteiger partial charge is 0.261 e. The number of hydrogen-bond acceptors (Lipinski definition) is 3. The van der Waals surface area contributed by atoms with Crippen molar-refractivity contribution in [3.05, 3.63) is 86.8 Å². The van der Waals surface area contributed by atoms with Gasteiger partial charge in [-0.05, 0) is 54.1 Å². The molecule has 0 fully saturated rings. The summed E-state index contributed by atoms with van der Waals surface area (Å²) in [5, 5.41) is 3.24. The average Bonchev–Trinajstić information content (AvgIpc) is 2.65. The summed E-state index contributed by atoms with van der Waals surface area (Å²) in [6.45, 7) is 0. The molecule has 0 heterocycles. The zero-order chi connectivity index (χ0) is 21.0. The lowest BCUT2D eigenvalue weighted by molar-refractivity contribution is -0.115. The first-order valence-electron chi connectivity index (χ1n) is 8.35. The SMILES string of the molecule is O=C(Cc1ccc(NS(=O)(=O)c2ccc(Cl)c(Cl)c2)cc1)Nc1cccc(Br)c1. The Hall–Kier alpha value is -2.06. The molecule has 0 radical (unpaired) electrons. The van der Waals surface area contributed by atoms with Crippen LogP contribution in [0.2, 0.25) is 10.0 Å². The second kappa shape index (κ2) is 9.17. The largest absolute Gasteiger partial charge is 0.326 e. The van der Waals surface area contributed by atoms with Crippen molar-refractivity contribution < 1.29 is 13.2 Å². The van der Waals surface area contributed by atoms with Crippen LogP contribution in [0.25, 0.3) is 0 Å². The first-order valence-corrected chi connectivity index (χ1v) is 11.4. The Morgan fingerprint density at radius 2 is 1.62 bits per heavy atom. The highest BCUT2D eigenvalue weighted by molar-refractivity contribution is 9.10. The van der Waals surface area contributed by atoms with Crippen LogP contribution < -0.4 is 10.0 Å². The van der Waals surface area contributed by atoms with Crippen LogP contribution >= 0.6 is 39.1 Å². The molecule has 0 saturated heterocycles. The first kappa shape index (κ1) is 21.6. The van der Waals surface area contributed by atoms with Crippen LogP contribution in [0, 0.1) is 0 Å². The Kier molecular flexibility index (Phi) is 6.85. The fourth-order valence-electron chi connectivity index (χ4n) is 2.51. The monoisotopic (exact) mass is 512 g/mol. The van der Waals surface area contributed by atoms with Crippen LogP contribution in [0.5, 0.6) is 0 Å². The van der Waals surface area contributed by atoms with E-state index in [0.29, 0.717) is 11.4 Å². The molecule has 0 bridgehead atoms. The fourth-order valence-corrected chi connectivity index (χ4v) is 4.35. The van der Waals surface area contributed by atoms with E-state index in [1.807, 2.05) is 12.1 Å². The van der Waals surface area contributed by atoms with Gasteiger partial charge in [0.15, 0.2) is 0 Å². The summed E-state index contributed by atoms with van der Waals surface area (Å²) >= 11 is 15.1. The van der Waals surface area contributed by atoms with E-state index in [1.165, 1.54) is 18.2 Å². The molecule has 3 aromatic carbocycles. The molecule has 0 aliphatic rings. The molecule has 2 N–H and O–H groups in total. The van der Waals surface area contributed by atoms with Crippen molar-refractivity contribution in [2.45, 2.75) is 11.3 Å². The second-order valence-corrected chi connectivity index (χ2v) is 9.53. The lowest BCUT2D eigenvalue weighted by Crippen LogP contribution is -2.15. The van der Waals surface area contributed by atoms with Crippen molar-refractivity contribution in [2.75, 3.05) is 10.0 Å². The maximum absolute atomic E-state index is 12.5. The Balaban J connectivity index is 1.65. The van der Waals surface area contributed by atoms with E-state index >= 15 is 0 Å². The number of amides is 1. The van der Waals surface area contributed by atoms with Gasteiger partial charge in [-0.25, -0.2) is 8.42 Å². The molecule has 150 valence electrons. The van der Waals surface area contributed by atoms with Crippen molar-refractivity contribution in [2.24, 2.45) is 0 Å². The summed E-state index contributed by atoms with van der Waals surface area (Å²) in [6.07, 6.45) is 0.159. The van der Waals surface area contributed by atoms with Gasteiger partial charge in [-0.3, -0.25) is 9.52 Å². The van der Waals surface area contributed by atoms with Gasteiger partial charge in [0.05, 0.1) is 21.4 Å². The molecule has 0 atom stereocenters. The normalized spacial score (nSPS) is 11.1. The van der Waals surface area contributed by atoms with Crippen LogP contribution in [-0.2, 0) is 21.2 Å². The lowest BCUT2D eigenvalue weighted by atomic mass is 10.1. The minimum absolute atomic E-state index is 0.00405. The van der Waals surface area contributed by atoms with Gasteiger partial charge in [0.2, 0.25) is 5.91 Å². The maximum Gasteiger partial charge on any atom is 0.261 e. The molecule has 9 heteroatoms. The number of benzene rings is 3. The summed E-state index contributed by atoms with van der Waals surface area (Å²) in [6, 6.07) is 17.9. The quantitative estimate of drug-likeness (QED) is 0.441. The molecular formula is C20H15BrCl2N2O3S. The van der Waals surface area contributed by atoms with Gasteiger partial charge in [-0.1, -0.05) is 57.3 Å². The number of sulfonamides is 1. The molecule has 0 saturated carbocycles. The Labute approximate surface area is 187 Å². The predicted octanol–water partition coefficient (Wildman–Crippen LogP) is 5.74. The highest BCUT2D eigenvalue weighted by Crippen LogP contribution is 2.26. The van der Waals surface area contributed by atoms with Crippen molar-refractivity contribution in [3.63, 3.8) is 0 Å². The van der Waals surface area contributed by atoms with Crippen LogP contribution in [0.4, 0.5) is 11.4 Å². The summed E-state index contributed by atoms with van der Waals surface area (Å²) in [4.78, 5) is 12.2. The Morgan fingerprint density at radius 1 is 0.897 bits per heavy atom. The number of carbonyl (C=O) groups excluding carboxylic acids is 1. The summed E-state index contributed by atoms with van der Waals surface area (Å²) in [7, 11) is -3.81. The van der Waals surface area contributed by atoms with Crippen molar-refractivity contribution in [3.8, 4) is 0 Å². The van der Waals surface area contributed by atoms with Crippen LogP contribution in [0.15, 0.2) is 76.1 Å². The van der Waals surface area contributed by atoms with Crippen molar-refractivity contribution in [1.82, 2.24) is 0 Å². The van der Waals surface area contributed by atoms with Gasteiger partial charge in [0.1, 0.15) is 0 Å². The third-order valence-electron chi connectivity index (χ3n) is 3.88. The van der Waals surface area contributed by atoms with Crippen molar-refractivity contribution >= 4 is 66.4 Å².